The Morgan fingerprint density at radius 3 is 2.73 bits per heavy atom. The number of carbonyl (C=O) groups is 2. The Balaban J connectivity index is 1.82. The Labute approximate surface area is 140 Å². The van der Waals surface area contributed by atoms with Crippen molar-refractivity contribution in [3.05, 3.63) is 58.6 Å². The van der Waals surface area contributed by atoms with E-state index in [9.17, 15) is 9.59 Å². The predicted octanol–water partition coefficient (Wildman–Crippen LogP) is 2.40. The molecule has 0 aromatic heterocycles. The molecule has 0 saturated heterocycles. The standard InChI is InChI=1S/C15H10BrN3O2S/c16-10-7-5-9(6-8-10)13(20)18-19-14(21)11-3-1-2-4-12(11)17-15(19)22/h1-8,11H,(H,18,20). The van der Waals surface area contributed by atoms with Crippen LogP contribution in [0.3, 0.4) is 0 Å². The van der Waals surface area contributed by atoms with E-state index >= 15 is 0 Å². The van der Waals surface area contributed by atoms with E-state index < -0.39 is 11.8 Å². The van der Waals surface area contributed by atoms with Crippen molar-refractivity contribution < 1.29 is 9.59 Å². The molecule has 22 heavy (non-hydrogen) atoms. The Morgan fingerprint density at radius 2 is 2.00 bits per heavy atom. The van der Waals surface area contributed by atoms with Gasteiger partial charge >= 0.3 is 0 Å². The summed E-state index contributed by atoms with van der Waals surface area (Å²) in [6.07, 6.45) is 7.02. The highest BCUT2D eigenvalue weighted by Crippen LogP contribution is 2.19. The van der Waals surface area contributed by atoms with Crippen LogP contribution in [0.25, 0.3) is 0 Å². The maximum absolute atomic E-state index is 12.4. The third kappa shape index (κ3) is 2.77. The number of benzene rings is 1. The van der Waals surface area contributed by atoms with Crippen molar-refractivity contribution >= 4 is 50.8 Å². The Morgan fingerprint density at radius 1 is 1.27 bits per heavy atom. The number of halogens is 1. The minimum Gasteiger partial charge on any atom is -0.271 e. The number of amides is 2. The van der Waals surface area contributed by atoms with E-state index in [2.05, 4.69) is 26.3 Å². The van der Waals surface area contributed by atoms with Crippen molar-refractivity contribution in [3.63, 3.8) is 0 Å². The first-order chi connectivity index (χ1) is 10.6. The number of carbonyl (C=O) groups excluding carboxylic acids is 2. The lowest BCUT2D eigenvalue weighted by molar-refractivity contribution is -0.130. The van der Waals surface area contributed by atoms with Crippen molar-refractivity contribution in [2.75, 3.05) is 0 Å². The van der Waals surface area contributed by atoms with Crippen molar-refractivity contribution in [1.29, 1.82) is 0 Å². The monoisotopic (exact) mass is 375 g/mol. The molecular formula is C15H10BrN3O2S. The Kier molecular flexibility index (Phi) is 4.00. The fourth-order valence-corrected chi connectivity index (χ4v) is 2.62. The quantitative estimate of drug-likeness (QED) is 0.807. The van der Waals surface area contributed by atoms with E-state index in [-0.39, 0.29) is 11.0 Å². The van der Waals surface area contributed by atoms with Gasteiger partial charge in [0.15, 0.2) is 0 Å². The number of fused-ring (bicyclic) bond motifs is 1. The van der Waals surface area contributed by atoms with Crippen LogP contribution < -0.4 is 5.43 Å². The summed E-state index contributed by atoms with van der Waals surface area (Å²) in [6, 6.07) is 6.79. The summed E-state index contributed by atoms with van der Waals surface area (Å²) in [6.45, 7) is 0. The summed E-state index contributed by atoms with van der Waals surface area (Å²) in [5.41, 5.74) is 3.52. The number of thiocarbonyl (C=S) groups is 1. The third-order valence-electron chi connectivity index (χ3n) is 3.22. The number of rotatable bonds is 2. The second-order valence-electron chi connectivity index (χ2n) is 4.66. The Bertz CT molecular complexity index is 753. The minimum atomic E-state index is -0.512. The first-order valence-electron chi connectivity index (χ1n) is 6.44. The van der Waals surface area contributed by atoms with E-state index in [1.165, 1.54) is 0 Å². The average molecular weight is 376 g/mol. The maximum Gasteiger partial charge on any atom is 0.270 e. The average Bonchev–Trinajstić information content (AvgIpc) is 2.52. The molecule has 1 atom stereocenters. The zero-order valence-corrected chi connectivity index (χ0v) is 13.6. The summed E-state index contributed by atoms with van der Waals surface area (Å²) in [4.78, 5) is 28.8. The topological polar surface area (TPSA) is 61.8 Å². The van der Waals surface area contributed by atoms with Gasteiger partial charge in [-0.05, 0) is 42.6 Å². The molecule has 1 aromatic rings. The number of allylic oxidation sites excluding steroid dienone is 3. The number of nitrogens with one attached hydrogen (secondary N) is 1. The van der Waals surface area contributed by atoms with Crippen LogP contribution in [-0.2, 0) is 4.79 Å². The number of aliphatic imine (C=N–C) groups is 1. The van der Waals surface area contributed by atoms with E-state index in [1.54, 1.807) is 48.6 Å². The second-order valence-corrected chi connectivity index (χ2v) is 5.94. The van der Waals surface area contributed by atoms with Gasteiger partial charge in [-0.1, -0.05) is 34.2 Å². The van der Waals surface area contributed by atoms with Crippen LogP contribution in [0.2, 0.25) is 0 Å². The van der Waals surface area contributed by atoms with Crippen LogP contribution in [0.1, 0.15) is 10.4 Å². The van der Waals surface area contributed by atoms with Gasteiger partial charge in [0.05, 0.1) is 5.71 Å². The smallest absolute Gasteiger partial charge is 0.270 e. The Hall–Kier alpha value is -2.12. The van der Waals surface area contributed by atoms with Crippen LogP contribution in [0.15, 0.2) is 58.0 Å². The zero-order chi connectivity index (χ0) is 15.7. The van der Waals surface area contributed by atoms with Gasteiger partial charge in [-0.2, -0.15) is 5.01 Å². The molecule has 5 nitrogen and oxygen atoms in total. The first kappa shape index (κ1) is 14.8. The van der Waals surface area contributed by atoms with Gasteiger partial charge < -0.3 is 0 Å². The minimum absolute atomic E-state index is 0.0293. The summed E-state index contributed by atoms with van der Waals surface area (Å²) in [5, 5.41) is 1.05. The van der Waals surface area contributed by atoms with Gasteiger partial charge in [-0.3, -0.25) is 15.0 Å². The van der Waals surface area contributed by atoms with Crippen molar-refractivity contribution in [2.24, 2.45) is 10.9 Å². The highest BCUT2D eigenvalue weighted by Gasteiger charge is 2.34. The molecule has 0 radical (unpaired) electrons. The fraction of sp³-hybridized carbons (Fsp3) is 0.0667. The highest BCUT2D eigenvalue weighted by atomic mass is 79.9. The molecular weight excluding hydrogens is 366 g/mol. The molecule has 0 spiro atoms. The molecule has 1 N–H and O–H groups in total. The van der Waals surface area contributed by atoms with Crippen molar-refractivity contribution in [1.82, 2.24) is 10.4 Å². The normalized spacial score (nSPS) is 19.8. The molecule has 0 bridgehead atoms. The molecule has 1 unspecified atom stereocenters. The van der Waals surface area contributed by atoms with E-state index in [0.717, 1.165) is 9.48 Å². The molecule has 7 heteroatoms. The molecule has 110 valence electrons. The lowest BCUT2D eigenvalue weighted by Gasteiger charge is -2.30. The van der Waals surface area contributed by atoms with Crippen LogP contribution in [0, 0.1) is 5.92 Å². The SMILES string of the molecule is O=C(NN1C(=O)C2C=CC=CC2=NC1=S)c1ccc(Br)cc1. The number of hydrazine groups is 1. The van der Waals surface area contributed by atoms with E-state index in [4.69, 9.17) is 12.2 Å². The van der Waals surface area contributed by atoms with Crippen molar-refractivity contribution in [3.8, 4) is 0 Å². The maximum atomic E-state index is 12.4. The molecule has 1 aliphatic carbocycles. The third-order valence-corrected chi connectivity index (χ3v) is 4.03. The van der Waals surface area contributed by atoms with Crippen molar-refractivity contribution in [2.45, 2.75) is 0 Å². The van der Waals surface area contributed by atoms with Gasteiger partial charge in [-0.15, -0.1) is 0 Å². The molecule has 0 fully saturated rings. The lowest BCUT2D eigenvalue weighted by atomic mass is 9.96. The highest BCUT2D eigenvalue weighted by molar-refractivity contribution is 9.10. The van der Waals surface area contributed by atoms with E-state index in [0.29, 0.717) is 11.3 Å². The summed E-state index contributed by atoms with van der Waals surface area (Å²) in [5.74, 6) is -1.25. The zero-order valence-electron chi connectivity index (χ0n) is 11.2. The second kappa shape index (κ2) is 5.94. The van der Waals surface area contributed by atoms with Gasteiger partial charge in [0.2, 0.25) is 5.11 Å². The number of hydrogen-bond donors (Lipinski definition) is 1. The number of nitrogens with zero attached hydrogens (tertiary/aromatic N) is 2. The molecule has 1 heterocycles. The van der Waals surface area contributed by atoms with Crippen LogP contribution >= 0.6 is 28.1 Å². The fourth-order valence-electron chi connectivity index (χ4n) is 2.11. The summed E-state index contributed by atoms with van der Waals surface area (Å²) in [7, 11) is 0. The molecule has 2 amide bonds. The first-order valence-corrected chi connectivity index (χ1v) is 7.64. The van der Waals surface area contributed by atoms with Gasteiger partial charge in [0.25, 0.3) is 11.8 Å². The number of hydrogen-bond acceptors (Lipinski definition) is 3. The molecule has 1 aliphatic heterocycles. The van der Waals surface area contributed by atoms with Crippen LogP contribution in [0.5, 0.6) is 0 Å². The molecule has 1 aromatic carbocycles. The molecule has 3 rings (SSSR count). The lowest BCUT2D eigenvalue weighted by Crippen LogP contribution is -2.54. The molecule has 2 aliphatic rings. The predicted molar refractivity (Wildman–Crippen MR) is 90.3 cm³/mol. The van der Waals surface area contributed by atoms with Crippen LogP contribution in [0.4, 0.5) is 0 Å². The summed E-state index contributed by atoms with van der Waals surface area (Å²) >= 11 is 8.40. The van der Waals surface area contributed by atoms with Gasteiger partial charge in [0, 0.05) is 10.0 Å². The van der Waals surface area contributed by atoms with Gasteiger partial charge in [0.1, 0.15) is 5.92 Å². The van der Waals surface area contributed by atoms with Crippen LogP contribution in [-0.4, -0.2) is 27.6 Å². The van der Waals surface area contributed by atoms with E-state index in [1.807, 2.05) is 0 Å². The van der Waals surface area contributed by atoms with Gasteiger partial charge in [-0.25, -0.2) is 4.99 Å². The largest absolute Gasteiger partial charge is 0.271 e. The summed E-state index contributed by atoms with van der Waals surface area (Å²) < 4.78 is 0.863. The molecule has 0 saturated carbocycles.